The zero-order valence-electron chi connectivity index (χ0n) is 25.2. The van der Waals surface area contributed by atoms with Gasteiger partial charge in [0, 0.05) is 21.3 Å². The Kier molecular flexibility index (Phi) is 11.6. The van der Waals surface area contributed by atoms with Gasteiger partial charge in [-0.2, -0.15) is 0 Å². The van der Waals surface area contributed by atoms with Crippen molar-refractivity contribution < 1.29 is 42.7 Å². The van der Waals surface area contributed by atoms with Crippen molar-refractivity contribution in [3.05, 3.63) is 29.3 Å². The highest BCUT2D eigenvalue weighted by Gasteiger charge is 2.41. The summed E-state index contributed by atoms with van der Waals surface area (Å²) >= 11 is 0. The molecule has 1 fully saturated rings. The van der Waals surface area contributed by atoms with Crippen LogP contribution in [0.3, 0.4) is 0 Å². The van der Waals surface area contributed by atoms with Crippen LogP contribution in [0.2, 0.25) is 25.7 Å². The number of rotatable bonds is 13. The van der Waals surface area contributed by atoms with Crippen molar-refractivity contribution in [2.45, 2.75) is 84.7 Å². The first-order valence-electron chi connectivity index (χ1n) is 13.3. The molecule has 1 heterocycles. The van der Waals surface area contributed by atoms with Gasteiger partial charge in [0.25, 0.3) is 0 Å². The summed E-state index contributed by atoms with van der Waals surface area (Å²) in [5.41, 5.74) is 0.256. The van der Waals surface area contributed by atoms with E-state index >= 15 is 0 Å². The third kappa shape index (κ3) is 10.6. The highest BCUT2D eigenvalue weighted by atomic mass is 28.3. The molecule has 1 aromatic carbocycles. The largest absolute Gasteiger partial charge is 0.497 e. The third-order valence-corrected chi connectivity index (χ3v) is 7.61. The Bertz CT molecular complexity index is 1010. The van der Waals surface area contributed by atoms with E-state index in [1.165, 1.54) is 7.11 Å². The fourth-order valence-corrected chi connectivity index (χ4v) is 4.50. The lowest BCUT2D eigenvalue weighted by Gasteiger charge is -2.20. The summed E-state index contributed by atoms with van der Waals surface area (Å²) in [7, 11) is 1.67. The molecule has 220 valence electrons. The summed E-state index contributed by atoms with van der Waals surface area (Å²) in [5.74, 6) is -0.771. The maximum Gasteiger partial charge on any atom is 0.342 e. The number of hydrogen-bond acceptors (Lipinski definition) is 9. The topological polar surface area (TPSA) is 98.8 Å². The van der Waals surface area contributed by atoms with E-state index in [1.807, 2.05) is 26.0 Å². The minimum Gasteiger partial charge on any atom is -0.497 e. The number of carbonyl (C=O) groups excluding carboxylic acids is 2. The molecule has 0 bridgehead atoms. The number of carbonyl (C=O) groups is 2. The zero-order chi connectivity index (χ0) is 29.4. The maximum absolute atomic E-state index is 13.2. The first-order valence-corrected chi connectivity index (χ1v) is 17.0. The van der Waals surface area contributed by atoms with Crippen molar-refractivity contribution in [3.63, 3.8) is 0 Å². The van der Waals surface area contributed by atoms with Crippen LogP contribution in [-0.4, -0.2) is 72.2 Å². The van der Waals surface area contributed by atoms with Gasteiger partial charge in [0.1, 0.15) is 29.8 Å². The summed E-state index contributed by atoms with van der Waals surface area (Å²) in [6.45, 7) is 16.1. The predicted octanol–water partition coefficient (Wildman–Crippen LogP) is 5.69. The van der Waals surface area contributed by atoms with Crippen molar-refractivity contribution in [1.82, 2.24) is 0 Å². The first-order chi connectivity index (χ1) is 18.1. The molecule has 2 atom stereocenters. The average Bonchev–Trinajstić information content (AvgIpc) is 3.12. The molecule has 39 heavy (non-hydrogen) atoms. The second kappa shape index (κ2) is 13.8. The highest BCUT2D eigenvalue weighted by Crippen LogP contribution is 2.33. The molecule has 1 aliphatic heterocycles. The van der Waals surface area contributed by atoms with Crippen molar-refractivity contribution in [2.75, 3.05) is 34.2 Å². The van der Waals surface area contributed by atoms with Gasteiger partial charge in [0.2, 0.25) is 0 Å². The molecule has 0 unspecified atom stereocenters. The predicted molar refractivity (Wildman–Crippen MR) is 152 cm³/mol. The Morgan fingerprint density at radius 1 is 1.05 bits per heavy atom. The quantitative estimate of drug-likeness (QED) is 0.169. The number of hydrogen-bond donors (Lipinski definition) is 0. The summed E-state index contributed by atoms with van der Waals surface area (Å²) < 4.78 is 39.5. The van der Waals surface area contributed by atoms with E-state index in [0.717, 1.165) is 6.04 Å². The van der Waals surface area contributed by atoms with Gasteiger partial charge in [-0.15, -0.1) is 0 Å². The summed E-state index contributed by atoms with van der Waals surface area (Å²) in [6.07, 6.45) is 3.36. The van der Waals surface area contributed by atoms with Crippen molar-refractivity contribution in [3.8, 4) is 11.5 Å². The molecule has 0 amide bonds. The lowest BCUT2D eigenvalue weighted by Crippen LogP contribution is -2.32. The lowest BCUT2D eigenvalue weighted by molar-refractivity contribution is -0.165. The number of esters is 2. The second-order valence-corrected chi connectivity index (χ2v) is 17.9. The minimum atomic E-state index is -1.39. The molecule has 0 radical (unpaired) electrons. The van der Waals surface area contributed by atoms with E-state index in [4.69, 9.17) is 33.2 Å². The SMILES string of the molecule is COCOc1cc(OC)cc(/C=C/C[C@@H]2OC(C)(C)O[C@@H]2COC(=O)C(C)(C)C)c1C(=O)OCC[Si](C)(C)C. The van der Waals surface area contributed by atoms with E-state index in [1.54, 1.807) is 40.0 Å². The van der Waals surface area contributed by atoms with E-state index in [9.17, 15) is 9.59 Å². The van der Waals surface area contributed by atoms with Crippen LogP contribution in [0.4, 0.5) is 0 Å². The monoisotopic (exact) mass is 566 g/mol. The standard InChI is InChI=1S/C29H46O9Si/c1-28(2,3)27(31)35-18-24-22(37-29(4,5)38-24)13-11-12-20-16-21(33-7)17-23(36-19-32-6)25(20)26(30)34-14-15-39(8,9)10/h11-12,16-17,22,24H,13-15,18-19H2,1-10H3/b12-11+/t22-,24+/m0/s1. The van der Waals surface area contributed by atoms with Crippen molar-refractivity contribution >= 4 is 26.1 Å². The molecule has 2 rings (SSSR count). The smallest absolute Gasteiger partial charge is 0.342 e. The van der Waals surface area contributed by atoms with E-state index in [0.29, 0.717) is 35.7 Å². The molecule has 1 aliphatic rings. The van der Waals surface area contributed by atoms with Gasteiger partial charge in [-0.3, -0.25) is 4.79 Å². The second-order valence-electron chi connectivity index (χ2n) is 12.3. The van der Waals surface area contributed by atoms with Gasteiger partial charge in [-0.25, -0.2) is 4.79 Å². The third-order valence-electron chi connectivity index (χ3n) is 5.91. The van der Waals surface area contributed by atoms with E-state index in [2.05, 4.69) is 19.6 Å². The zero-order valence-corrected chi connectivity index (χ0v) is 26.2. The number of ether oxygens (including phenoxy) is 7. The van der Waals surface area contributed by atoms with E-state index < -0.39 is 31.3 Å². The Morgan fingerprint density at radius 3 is 2.31 bits per heavy atom. The normalized spacial score (nSPS) is 19.2. The van der Waals surface area contributed by atoms with Crippen molar-refractivity contribution in [2.24, 2.45) is 5.41 Å². The van der Waals surface area contributed by atoms with Crippen LogP contribution < -0.4 is 9.47 Å². The van der Waals surface area contributed by atoms with Gasteiger partial charge in [-0.1, -0.05) is 31.8 Å². The molecule has 0 aromatic heterocycles. The van der Waals surface area contributed by atoms with Crippen LogP contribution in [0, 0.1) is 5.41 Å². The Balaban J connectivity index is 2.28. The van der Waals surface area contributed by atoms with Gasteiger partial charge in [-0.05, 0) is 58.7 Å². The van der Waals surface area contributed by atoms with Crippen LogP contribution in [0.25, 0.3) is 6.08 Å². The minimum absolute atomic E-state index is 0.0389. The molecule has 1 aromatic rings. The molecule has 1 saturated heterocycles. The van der Waals surface area contributed by atoms with Gasteiger partial charge >= 0.3 is 11.9 Å². The van der Waals surface area contributed by atoms with Crippen LogP contribution in [0.15, 0.2) is 18.2 Å². The fourth-order valence-electron chi connectivity index (χ4n) is 3.79. The Morgan fingerprint density at radius 2 is 1.72 bits per heavy atom. The molecule has 9 nitrogen and oxygen atoms in total. The van der Waals surface area contributed by atoms with Gasteiger partial charge in [0.05, 0.1) is 25.2 Å². The highest BCUT2D eigenvalue weighted by molar-refractivity contribution is 6.76. The Labute approximate surface area is 234 Å². The first kappa shape index (κ1) is 32.8. The molecule has 0 saturated carbocycles. The molecule has 0 spiro atoms. The molecular weight excluding hydrogens is 520 g/mol. The molecule has 10 heteroatoms. The lowest BCUT2D eigenvalue weighted by atomic mass is 9.97. The molecule has 0 aliphatic carbocycles. The molecular formula is C29H46O9Si. The van der Waals surface area contributed by atoms with Crippen LogP contribution >= 0.6 is 0 Å². The number of benzene rings is 1. The van der Waals surface area contributed by atoms with Crippen molar-refractivity contribution in [1.29, 1.82) is 0 Å². The van der Waals surface area contributed by atoms with Gasteiger partial charge < -0.3 is 33.2 Å². The Hall–Kier alpha value is -2.40. The van der Waals surface area contributed by atoms with Crippen LogP contribution in [0.5, 0.6) is 11.5 Å². The summed E-state index contributed by atoms with van der Waals surface area (Å²) in [4.78, 5) is 25.5. The van der Waals surface area contributed by atoms with Crippen LogP contribution in [-0.2, 0) is 28.5 Å². The summed E-state index contributed by atoms with van der Waals surface area (Å²) in [6, 6.07) is 4.25. The maximum atomic E-state index is 13.2. The van der Waals surface area contributed by atoms with E-state index in [-0.39, 0.29) is 25.5 Å². The van der Waals surface area contributed by atoms with Gasteiger partial charge in [0.15, 0.2) is 12.6 Å². The number of methoxy groups -OCH3 is 2. The average molecular weight is 567 g/mol. The summed E-state index contributed by atoms with van der Waals surface area (Å²) in [5, 5.41) is 0. The fraction of sp³-hybridized carbons (Fsp3) is 0.655. The molecule has 0 N–H and O–H groups in total. The van der Waals surface area contributed by atoms with Crippen LogP contribution in [0.1, 0.15) is 57.0 Å².